The highest BCUT2D eigenvalue weighted by Gasteiger charge is 2.14. The molecule has 0 fully saturated rings. The van der Waals surface area contributed by atoms with E-state index < -0.39 is 5.91 Å². The average Bonchev–Trinajstić information content (AvgIpc) is 3.26. The minimum atomic E-state index is -0.470. The molecule has 0 aliphatic carbocycles. The van der Waals surface area contributed by atoms with Crippen molar-refractivity contribution < 1.29 is 23.1 Å². The van der Waals surface area contributed by atoms with Gasteiger partial charge in [-0.3, -0.25) is 4.79 Å². The molecule has 1 heterocycles. The van der Waals surface area contributed by atoms with Gasteiger partial charge < -0.3 is 13.9 Å². The first-order valence-electron chi connectivity index (χ1n) is 10.7. The fourth-order valence-electron chi connectivity index (χ4n) is 3.51. The largest absolute Gasteiger partial charge is 0.493 e. The van der Waals surface area contributed by atoms with E-state index in [1.54, 1.807) is 36.4 Å². The molecular formula is C27H22BrFN2O4. The van der Waals surface area contributed by atoms with Gasteiger partial charge in [-0.2, -0.15) is 5.10 Å². The molecule has 178 valence electrons. The third kappa shape index (κ3) is 5.96. The number of methoxy groups -OCH3 is 1. The van der Waals surface area contributed by atoms with Crippen LogP contribution in [0.1, 0.15) is 27.2 Å². The normalized spacial score (nSPS) is 11.1. The second-order valence-corrected chi connectivity index (χ2v) is 8.53. The van der Waals surface area contributed by atoms with Gasteiger partial charge in [-0.05, 0) is 66.1 Å². The van der Waals surface area contributed by atoms with Crippen LogP contribution in [0.3, 0.4) is 0 Å². The SMILES string of the molecule is C=CCc1cc(/C=N/NC(=O)c2cc3cc(Br)ccc3o2)cc(OC)c1OCc1cccc(F)c1. The van der Waals surface area contributed by atoms with E-state index in [4.69, 9.17) is 13.9 Å². The lowest BCUT2D eigenvalue weighted by atomic mass is 10.1. The van der Waals surface area contributed by atoms with Crippen molar-refractivity contribution in [3.8, 4) is 11.5 Å². The molecule has 0 radical (unpaired) electrons. The van der Waals surface area contributed by atoms with Gasteiger partial charge in [-0.1, -0.05) is 34.1 Å². The lowest BCUT2D eigenvalue weighted by Gasteiger charge is -2.16. The number of fused-ring (bicyclic) bond motifs is 1. The maximum Gasteiger partial charge on any atom is 0.307 e. The van der Waals surface area contributed by atoms with E-state index in [1.807, 2.05) is 18.2 Å². The number of rotatable bonds is 9. The van der Waals surface area contributed by atoms with Crippen LogP contribution in [0, 0.1) is 5.82 Å². The Hall–Kier alpha value is -3.91. The summed E-state index contributed by atoms with van der Waals surface area (Å²) in [5.41, 5.74) is 5.28. The van der Waals surface area contributed by atoms with E-state index in [9.17, 15) is 9.18 Å². The summed E-state index contributed by atoms with van der Waals surface area (Å²) in [6, 6.07) is 17.0. The molecule has 6 nitrogen and oxygen atoms in total. The first-order chi connectivity index (χ1) is 17.0. The van der Waals surface area contributed by atoms with Crippen molar-refractivity contribution in [2.45, 2.75) is 13.0 Å². The smallest absolute Gasteiger partial charge is 0.307 e. The predicted octanol–water partition coefficient (Wildman–Crippen LogP) is 6.41. The monoisotopic (exact) mass is 536 g/mol. The summed E-state index contributed by atoms with van der Waals surface area (Å²) in [5.74, 6) is 0.374. The fourth-order valence-corrected chi connectivity index (χ4v) is 3.89. The molecule has 1 aromatic heterocycles. The van der Waals surface area contributed by atoms with Gasteiger partial charge in [0.25, 0.3) is 0 Å². The van der Waals surface area contributed by atoms with Gasteiger partial charge in [0.15, 0.2) is 17.3 Å². The number of nitrogens with one attached hydrogen (secondary N) is 1. The number of hydrazone groups is 1. The zero-order valence-electron chi connectivity index (χ0n) is 18.9. The number of halogens is 2. The Morgan fingerprint density at radius 2 is 2.06 bits per heavy atom. The summed E-state index contributed by atoms with van der Waals surface area (Å²) < 4.78 is 31.5. The van der Waals surface area contributed by atoms with Crippen LogP contribution in [0.2, 0.25) is 0 Å². The Labute approximate surface area is 210 Å². The summed E-state index contributed by atoms with van der Waals surface area (Å²) in [7, 11) is 1.53. The lowest BCUT2D eigenvalue weighted by molar-refractivity contribution is 0.0929. The van der Waals surface area contributed by atoms with Gasteiger partial charge in [-0.25, -0.2) is 9.82 Å². The third-order valence-electron chi connectivity index (χ3n) is 5.09. The Bertz CT molecular complexity index is 1410. The van der Waals surface area contributed by atoms with E-state index in [-0.39, 0.29) is 18.2 Å². The molecule has 1 N–H and O–H groups in total. The molecule has 0 saturated heterocycles. The van der Waals surface area contributed by atoms with E-state index in [0.717, 1.165) is 15.4 Å². The van der Waals surface area contributed by atoms with Crippen LogP contribution in [0.4, 0.5) is 4.39 Å². The van der Waals surface area contributed by atoms with Crippen molar-refractivity contribution in [3.63, 3.8) is 0 Å². The van der Waals surface area contributed by atoms with Crippen LogP contribution >= 0.6 is 15.9 Å². The van der Waals surface area contributed by atoms with Crippen molar-refractivity contribution in [1.29, 1.82) is 0 Å². The number of nitrogens with zero attached hydrogens (tertiary/aromatic N) is 1. The molecule has 0 unspecified atom stereocenters. The van der Waals surface area contributed by atoms with Crippen molar-refractivity contribution >= 4 is 39.0 Å². The van der Waals surface area contributed by atoms with E-state index in [0.29, 0.717) is 34.6 Å². The first-order valence-corrected chi connectivity index (χ1v) is 11.5. The van der Waals surface area contributed by atoms with Gasteiger partial charge in [-0.15, -0.1) is 6.58 Å². The van der Waals surface area contributed by atoms with Gasteiger partial charge in [0.1, 0.15) is 18.0 Å². The second-order valence-electron chi connectivity index (χ2n) is 7.61. The summed E-state index contributed by atoms with van der Waals surface area (Å²) in [5, 5.41) is 4.86. The number of carbonyl (C=O) groups is 1. The molecule has 0 atom stereocenters. The Kier molecular flexibility index (Phi) is 7.62. The summed E-state index contributed by atoms with van der Waals surface area (Å²) in [6.07, 6.45) is 3.76. The number of ether oxygens (including phenoxy) is 2. The Morgan fingerprint density at radius 3 is 2.83 bits per heavy atom. The molecule has 4 rings (SSSR count). The van der Waals surface area contributed by atoms with Crippen molar-refractivity contribution in [1.82, 2.24) is 5.43 Å². The van der Waals surface area contributed by atoms with Gasteiger partial charge >= 0.3 is 5.91 Å². The highest BCUT2D eigenvalue weighted by atomic mass is 79.9. The van der Waals surface area contributed by atoms with Crippen LogP contribution in [0.15, 0.2) is 87.3 Å². The lowest BCUT2D eigenvalue weighted by Crippen LogP contribution is -2.16. The zero-order valence-corrected chi connectivity index (χ0v) is 20.5. The number of hydrogen-bond acceptors (Lipinski definition) is 5. The maximum absolute atomic E-state index is 13.5. The standard InChI is InChI=1S/C27H22BrFN2O4/c1-3-5-19-10-18(12-24(33-2)26(19)34-16-17-6-4-7-22(29)11-17)15-30-31-27(32)25-14-20-13-21(28)8-9-23(20)35-25/h3-4,6-15H,1,5,16H2,2H3,(H,31,32)/b30-15+. The maximum atomic E-state index is 13.5. The molecule has 0 bridgehead atoms. The molecule has 0 aliphatic heterocycles. The number of amides is 1. The summed E-state index contributed by atoms with van der Waals surface area (Å²) in [6.45, 7) is 3.98. The average molecular weight is 537 g/mol. The molecule has 0 saturated carbocycles. The highest BCUT2D eigenvalue weighted by Crippen LogP contribution is 2.34. The second kappa shape index (κ2) is 11.0. The number of hydrogen-bond donors (Lipinski definition) is 1. The van der Waals surface area contributed by atoms with Gasteiger partial charge in [0.2, 0.25) is 0 Å². The highest BCUT2D eigenvalue weighted by molar-refractivity contribution is 9.10. The Balaban J connectivity index is 1.50. The molecule has 0 spiro atoms. The molecule has 4 aromatic rings. The molecule has 35 heavy (non-hydrogen) atoms. The number of allylic oxidation sites excluding steroid dienone is 1. The molecule has 0 aliphatic rings. The zero-order chi connectivity index (χ0) is 24.8. The van der Waals surface area contributed by atoms with Crippen LogP contribution in [0.25, 0.3) is 11.0 Å². The van der Waals surface area contributed by atoms with Crippen molar-refractivity contribution in [3.05, 3.63) is 106 Å². The number of benzene rings is 3. The van der Waals surface area contributed by atoms with E-state index in [1.165, 1.54) is 25.5 Å². The molecule has 1 amide bonds. The summed E-state index contributed by atoms with van der Waals surface area (Å²) in [4.78, 5) is 12.5. The van der Waals surface area contributed by atoms with Crippen LogP contribution < -0.4 is 14.9 Å². The predicted molar refractivity (Wildman–Crippen MR) is 137 cm³/mol. The van der Waals surface area contributed by atoms with E-state index in [2.05, 4.69) is 33.0 Å². The van der Waals surface area contributed by atoms with Crippen LogP contribution in [-0.4, -0.2) is 19.2 Å². The molecular weight excluding hydrogens is 515 g/mol. The molecule has 8 heteroatoms. The molecule has 3 aromatic carbocycles. The fraction of sp³-hybridized carbons (Fsp3) is 0.111. The van der Waals surface area contributed by atoms with Gasteiger partial charge in [0.05, 0.1) is 13.3 Å². The van der Waals surface area contributed by atoms with E-state index >= 15 is 0 Å². The third-order valence-corrected chi connectivity index (χ3v) is 5.59. The van der Waals surface area contributed by atoms with Crippen molar-refractivity contribution in [2.24, 2.45) is 5.10 Å². The number of furan rings is 1. The minimum absolute atomic E-state index is 0.154. The minimum Gasteiger partial charge on any atom is -0.493 e. The van der Waals surface area contributed by atoms with Crippen LogP contribution in [-0.2, 0) is 13.0 Å². The van der Waals surface area contributed by atoms with Crippen molar-refractivity contribution in [2.75, 3.05) is 7.11 Å². The summed E-state index contributed by atoms with van der Waals surface area (Å²) >= 11 is 3.40. The quantitative estimate of drug-likeness (QED) is 0.152. The van der Waals surface area contributed by atoms with Gasteiger partial charge in [0, 0.05) is 15.4 Å². The number of carbonyl (C=O) groups excluding carboxylic acids is 1. The topological polar surface area (TPSA) is 73.1 Å². The first kappa shape index (κ1) is 24.2. The van der Waals surface area contributed by atoms with Crippen LogP contribution in [0.5, 0.6) is 11.5 Å². The Morgan fingerprint density at radius 1 is 1.20 bits per heavy atom.